The molecule has 0 N–H and O–H groups in total. The third-order valence-corrected chi connectivity index (χ3v) is 1.50. The zero-order valence-electron chi connectivity index (χ0n) is 7.57. The summed E-state index contributed by atoms with van der Waals surface area (Å²) in [5.41, 5.74) is -0.951. The second-order valence-corrected chi connectivity index (χ2v) is 2.43. The van der Waals surface area contributed by atoms with Gasteiger partial charge in [0.15, 0.2) is 17.3 Å². The molecule has 6 heteroatoms. The SMILES string of the molecule is COC(=O)c1ncnc(C(C)=O)c1F. The van der Waals surface area contributed by atoms with Gasteiger partial charge in [-0.3, -0.25) is 4.79 Å². The van der Waals surface area contributed by atoms with Crippen LogP contribution >= 0.6 is 0 Å². The van der Waals surface area contributed by atoms with Crippen LogP contribution in [0.3, 0.4) is 0 Å². The van der Waals surface area contributed by atoms with Crippen molar-refractivity contribution in [1.29, 1.82) is 0 Å². The smallest absolute Gasteiger partial charge is 0.359 e. The molecular formula is C8H7FN2O3. The van der Waals surface area contributed by atoms with E-state index in [0.717, 1.165) is 20.4 Å². The van der Waals surface area contributed by atoms with E-state index in [9.17, 15) is 14.0 Å². The summed E-state index contributed by atoms with van der Waals surface area (Å²) in [4.78, 5) is 28.6. The number of hydrogen-bond acceptors (Lipinski definition) is 5. The lowest BCUT2D eigenvalue weighted by Crippen LogP contribution is -2.12. The predicted octanol–water partition coefficient (Wildman–Crippen LogP) is 0.605. The van der Waals surface area contributed by atoms with Crippen molar-refractivity contribution in [2.75, 3.05) is 7.11 Å². The largest absolute Gasteiger partial charge is 0.464 e. The molecule has 0 amide bonds. The van der Waals surface area contributed by atoms with E-state index in [-0.39, 0.29) is 0 Å². The number of rotatable bonds is 2. The first-order valence-corrected chi connectivity index (χ1v) is 3.67. The Labute approximate surface area is 78.9 Å². The number of nitrogens with zero attached hydrogens (tertiary/aromatic N) is 2. The Bertz CT molecular complexity index is 392. The summed E-state index contributed by atoms with van der Waals surface area (Å²) in [6.07, 6.45) is 0.937. The number of carbonyl (C=O) groups is 2. The Morgan fingerprint density at radius 1 is 1.36 bits per heavy atom. The molecule has 1 rings (SSSR count). The Morgan fingerprint density at radius 3 is 2.43 bits per heavy atom. The number of esters is 1. The maximum atomic E-state index is 13.3. The molecule has 0 fully saturated rings. The lowest BCUT2D eigenvalue weighted by molar-refractivity contribution is 0.0587. The van der Waals surface area contributed by atoms with Crippen LogP contribution in [0.1, 0.15) is 27.9 Å². The molecule has 1 aromatic heterocycles. The van der Waals surface area contributed by atoms with E-state index in [1.54, 1.807) is 0 Å². The summed E-state index contributed by atoms with van der Waals surface area (Å²) in [6.45, 7) is 1.15. The first-order valence-electron chi connectivity index (χ1n) is 3.67. The molecule has 14 heavy (non-hydrogen) atoms. The molecule has 0 atom stereocenters. The topological polar surface area (TPSA) is 69.2 Å². The van der Waals surface area contributed by atoms with Gasteiger partial charge in [-0.1, -0.05) is 0 Å². The Balaban J connectivity index is 3.27. The summed E-state index contributed by atoms with van der Waals surface area (Å²) < 4.78 is 17.6. The molecule has 1 heterocycles. The highest BCUT2D eigenvalue weighted by Crippen LogP contribution is 2.08. The van der Waals surface area contributed by atoms with Gasteiger partial charge in [0.05, 0.1) is 7.11 Å². The van der Waals surface area contributed by atoms with E-state index < -0.39 is 29.0 Å². The fourth-order valence-electron chi connectivity index (χ4n) is 0.854. The van der Waals surface area contributed by atoms with Gasteiger partial charge in [0.1, 0.15) is 12.0 Å². The number of hydrogen-bond donors (Lipinski definition) is 0. The van der Waals surface area contributed by atoms with Crippen molar-refractivity contribution in [3.05, 3.63) is 23.5 Å². The first kappa shape index (κ1) is 10.2. The minimum atomic E-state index is -1.05. The predicted molar refractivity (Wildman–Crippen MR) is 43.3 cm³/mol. The van der Waals surface area contributed by atoms with Gasteiger partial charge in [0.2, 0.25) is 0 Å². The molecule has 0 bridgehead atoms. The van der Waals surface area contributed by atoms with Gasteiger partial charge in [-0.25, -0.2) is 19.2 Å². The number of carbonyl (C=O) groups excluding carboxylic acids is 2. The molecule has 74 valence electrons. The second kappa shape index (κ2) is 3.91. The maximum absolute atomic E-state index is 13.3. The van der Waals surface area contributed by atoms with E-state index in [1.165, 1.54) is 0 Å². The van der Waals surface area contributed by atoms with E-state index in [1.807, 2.05) is 0 Å². The van der Waals surface area contributed by atoms with Crippen molar-refractivity contribution in [2.45, 2.75) is 6.92 Å². The summed E-state index contributed by atoms with van der Waals surface area (Å²) in [7, 11) is 1.09. The molecule has 0 spiro atoms. The van der Waals surface area contributed by atoms with Gasteiger partial charge in [-0.2, -0.15) is 0 Å². The average Bonchev–Trinajstić information content (AvgIpc) is 2.16. The van der Waals surface area contributed by atoms with Gasteiger partial charge in [0.25, 0.3) is 0 Å². The molecule has 0 aromatic carbocycles. The summed E-state index contributed by atoms with van der Waals surface area (Å²) >= 11 is 0. The van der Waals surface area contributed by atoms with Crippen LogP contribution in [0.5, 0.6) is 0 Å². The summed E-state index contributed by atoms with van der Waals surface area (Å²) in [5.74, 6) is -2.56. The fraction of sp³-hybridized carbons (Fsp3) is 0.250. The van der Waals surface area contributed by atoms with Crippen LogP contribution in [0.2, 0.25) is 0 Å². The van der Waals surface area contributed by atoms with Crippen molar-refractivity contribution >= 4 is 11.8 Å². The Morgan fingerprint density at radius 2 is 1.93 bits per heavy atom. The molecule has 0 unspecified atom stereocenters. The molecule has 0 aliphatic carbocycles. The molecular weight excluding hydrogens is 191 g/mol. The number of halogens is 1. The summed E-state index contributed by atoms with van der Waals surface area (Å²) in [6, 6.07) is 0. The van der Waals surface area contributed by atoms with Crippen molar-refractivity contribution in [1.82, 2.24) is 9.97 Å². The third-order valence-electron chi connectivity index (χ3n) is 1.50. The second-order valence-electron chi connectivity index (χ2n) is 2.43. The zero-order valence-corrected chi connectivity index (χ0v) is 7.57. The third kappa shape index (κ3) is 1.73. The molecule has 0 aliphatic heterocycles. The number of aromatic nitrogens is 2. The molecule has 1 aromatic rings. The van der Waals surface area contributed by atoms with Crippen LogP contribution < -0.4 is 0 Å². The highest BCUT2D eigenvalue weighted by Gasteiger charge is 2.20. The van der Waals surface area contributed by atoms with E-state index >= 15 is 0 Å². The minimum absolute atomic E-state index is 0.416. The van der Waals surface area contributed by atoms with E-state index in [0.29, 0.717) is 0 Å². The lowest BCUT2D eigenvalue weighted by Gasteiger charge is -2.01. The van der Waals surface area contributed by atoms with E-state index in [2.05, 4.69) is 14.7 Å². The minimum Gasteiger partial charge on any atom is -0.464 e. The Hall–Kier alpha value is -1.85. The van der Waals surface area contributed by atoms with E-state index in [4.69, 9.17) is 0 Å². The first-order chi connectivity index (χ1) is 6.57. The van der Waals surface area contributed by atoms with Crippen molar-refractivity contribution in [3.8, 4) is 0 Å². The molecule has 0 radical (unpaired) electrons. The summed E-state index contributed by atoms with van der Waals surface area (Å²) in [5, 5.41) is 0. The van der Waals surface area contributed by atoms with Gasteiger partial charge in [-0.15, -0.1) is 0 Å². The molecule has 0 saturated carbocycles. The van der Waals surface area contributed by atoms with Gasteiger partial charge in [0, 0.05) is 6.92 Å². The van der Waals surface area contributed by atoms with Crippen LogP contribution in [-0.4, -0.2) is 28.8 Å². The maximum Gasteiger partial charge on any atom is 0.359 e. The van der Waals surface area contributed by atoms with Crippen LogP contribution in [0.4, 0.5) is 4.39 Å². The van der Waals surface area contributed by atoms with Crippen LogP contribution in [0, 0.1) is 5.82 Å². The highest BCUT2D eigenvalue weighted by atomic mass is 19.1. The highest BCUT2D eigenvalue weighted by molar-refractivity contribution is 5.95. The standard InChI is InChI=1S/C8H7FN2O3/c1-4(12)6-5(9)7(8(13)14-2)11-3-10-6/h3H,1-2H3. The number of methoxy groups -OCH3 is 1. The van der Waals surface area contributed by atoms with Crippen LogP contribution in [0.15, 0.2) is 6.33 Å². The van der Waals surface area contributed by atoms with Gasteiger partial charge in [-0.05, 0) is 0 Å². The Kier molecular flexibility index (Phi) is 2.85. The number of Topliss-reactive ketones (excluding diaryl/α,β-unsaturated/α-hetero) is 1. The van der Waals surface area contributed by atoms with Crippen LogP contribution in [-0.2, 0) is 4.74 Å². The monoisotopic (exact) mass is 198 g/mol. The quantitative estimate of drug-likeness (QED) is 0.514. The van der Waals surface area contributed by atoms with Gasteiger partial charge >= 0.3 is 5.97 Å². The van der Waals surface area contributed by atoms with Crippen molar-refractivity contribution in [3.63, 3.8) is 0 Å². The van der Waals surface area contributed by atoms with Crippen molar-refractivity contribution < 1.29 is 18.7 Å². The normalized spacial score (nSPS) is 9.64. The van der Waals surface area contributed by atoms with Crippen molar-refractivity contribution in [2.24, 2.45) is 0 Å². The fourth-order valence-corrected chi connectivity index (χ4v) is 0.854. The van der Waals surface area contributed by atoms with Gasteiger partial charge < -0.3 is 4.74 Å². The number of ketones is 1. The molecule has 0 saturated heterocycles. The zero-order chi connectivity index (χ0) is 10.7. The number of ether oxygens (including phenoxy) is 1. The molecule has 5 nitrogen and oxygen atoms in total. The average molecular weight is 198 g/mol. The molecule has 0 aliphatic rings. The van der Waals surface area contributed by atoms with Crippen LogP contribution in [0.25, 0.3) is 0 Å². The lowest BCUT2D eigenvalue weighted by atomic mass is 10.2.